The first-order valence-corrected chi connectivity index (χ1v) is 6.91. The Hall–Kier alpha value is -1.00. The van der Waals surface area contributed by atoms with Crippen molar-refractivity contribution in [2.24, 2.45) is 0 Å². The van der Waals surface area contributed by atoms with Gasteiger partial charge in [0.2, 0.25) is 0 Å². The van der Waals surface area contributed by atoms with E-state index in [1.807, 2.05) is 0 Å². The number of nitrogens with one attached hydrogen (secondary N) is 1. The molecule has 1 aromatic carbocycles. The summed E-state index contributed by atoms with van der Waals surface area (Å²) in [5.74, 6) is -0.177. The number of aromatic nitrogens is 1. The van der Waals surface area contributed by atoms with Gasteiger partial charge >= 0.3 is 0 Å². The fourth-order valence-corrected chi connectivity index (χ4v) is 3.41. The van der Waals surface area contributed by atoms with Gasteiger partial charge in [0.15, 0.2) is 0 Å². The van der Waals surface area contributed by atoms with Crippen LogP contribution in [0.1, 0.15) is 24.3 Å². The van der Waals surface area contributed by atoms with Crippen LogP contribution in [0, 0.1) is 5.82 Å². The molecule has 1 atom stereocenters. The largest absolute Gasteiger partial charge is 0.314 e. The Bertz CT molecular complexity index is 517. The fourth-order valence-electron chi connectivity index (χ4n) is 2.34. The quantitative estimate of drug-likeness (QED) is 0.885. The van der Waals surface area contributed by atoms with Crippen LogP contribution in [0.3, 0.4) is 0 Å². The molecule has 1 saturated heterocycles. The second kappa shape index (κ2) is 4.70. The van der Waals surface area contributed by atoms with Crippen LogP contribution in [-0.4, -0.2) is 17.6 Å². The number of thiazole rings is 1. The zero-order valence-corrected chi connectivity index (χ0v) is 10.4. The molecule has 2 aromatic rings. The number of hydrogen-bond donors (Lipinski definition) is 1. The summed E-state index contributed by atoms with van der Waals surface area (Å²) in [4.78, 5) is 4.56. The highest BCUT2D eigenvalue weighted by atomic mass is 32.1. The average molecular weight is 250 g/mol. The minimum absolute atomic E-state index is 0.177. The maximum Gasteiger partial charge on any atom is 0.124 e. The van der Waals surface area contributed by atoms with E-state index in [4.69, 9.17) is 0 Å². The summed E-state index contributed by atoms with van der Waals surface area (Å²) in [7, 11) is 0. The standard InChI is InChI=1S/C13H15FN2S/c14-9-4-5-11-12(7-9)17-13(16-11)8-10-3-1-2-6-15-10/h4-5,7,10,15H,1-3,6,8H2. The maximum atomic E-state index is 13.1. The first-order chi connectivity index (χ1) is 8.31. The number of hydrogen-bond acceptors (Lipinski definition) is 3. The van der Waals surface area contributed by atoms with Crippen LogP contribution < -0.4 is 5.32 Å². The van der Waals surface area contributed by atoms with Crippen LogP contribution in [0.2, 0.25) is 0 Å². The van der Waals surface area contributed by atoms with E-state index in [0.29, 0.717) is 6.04 Å². The van der Waals surface area contributed by atoms with Crippen LogP contribution >= 0.6 is 11.3 Å². The number of benzene rings is 1. The first-order valence-electron chi connectivity index (χ1n) is 6.09. The molecule has 2 nitrogen and oxygen atoms in total. The summed E-state index contributed by atoms with van der Waals surface area (Å²) >= 11 is 1.61. The molecule has 0 bridgehead atoms. The lowest BCUT2D eigenvalue weighted by atomic mass is 10.0. The molecule has 0 spiro atoms. The molecule has 0 radical (unpaired) electrons. The van der Waals surface area contributed by atoms with E-state index >= 15 is 0 Å². The lowest BCUT2D eigenvalue weighted by Crippen LogP contribution is -2.35. The molecule has 1 aliphatic rings. The second-order valence-corrected chi connectivity index (χ2v) is 5.69. The van der Waals surface area contributed by atoms with Gasteiger partial charge in [-0.2, -0.15) is 0 Å². The highest BCUT2D eigenvalue weighted by Crippen LogP contribution is 2.24. The predicted molar refractivity (Wildman–Crippen MR) is 68.9 cm³/mol. The van der Waals surface area contributed by atoms with Crippen LogP contribution in [0.15, 0.2) is 18.2 Å². The molecule has 3 rings (SSSR count). The Morgan fingerprint density at radius 1 is 1.41 bits per heavy atom. The predicted octanol–water partition coefficient (Wildman–Crippen LogP) is 3.12. The molecule has 17 heavy (non-hydrogen) atoms. The summed E-state index contributed by atoms with van der Waals surface area (Å²) in [5, 5.41) is 4.63. The van der Waals surface area contributed by atoms with Crippen LogP contribution in [0.4, 0.5) is 4.39 Å². The Kier molecular flexibility index (Phi) is 3.07. The number of halogens is 1. The number of nitrogens with zero attached hydrogens (tertiary/aromatic N) is 1. The normalized spacial score (nSPS) is 20.9. The Labute approximate surface area is 104 Å². The van der Waals surface area contributed by atoms with Crippen LogP contribution in [-0.2, 0) is 6.42 Å². The van der Waals surface area contributed by atoms with Crippen molar-refractivity contribution in [3.63, 3.8) is 0 Å². The summed E-state index contributed by atoms with van der Waals surface area (Å²) in [6.07, 6.45) is 4.78. The summed E-state index contributed by atoms with van der Waals surface area (Å²) in [6, 6.07) is 5.36. The lowest BCUT2D eigenvalue weighted by Gasteiger charge is -2.22. The van der Waals surface area contributed by atoms with Gasteiger partial charge in [0.1, 0.15) is 5.82 Å². The molecule has 1 aromatic heterocycles. The zero-order chi connectivity index (χ0) is 11.7. The third kappa shape index (κ3) is 2.48. The van der Waals surface area contributed by atoms with Gasteiger partial charge in [0.05, 0.1) is 15.2 Å². The molecular weight excluding hydrogens is 235 g/mol. The average Bonchev–Trinajstić information content (AvgIpc) is 2.71. The van der Waals surface area contributed by atoms with Gasteiger partial charge in [-0.3, -0.25) is 0 Å². The Morgan fingerprint density at radius 2 is 2.35 bits per heavy atom. The van der Waals surface area contributed by atoms with Crippen molar-refractivity contribution in [1.82, 2.24) is 10.3 Å². The zero-order valence-electron chi connectivity index (χ0n) is 9.58. The molecular formula is C13H15FN2S. The minimum Gasteiger partial charge on any atom is -0.314 e. The van der Waals surface area contributed by atoms with Crippen molar-refractivity contribution in [2.45, 2.75) is 31.7 Å². The summed E-state index contributed by atoms with van der Waals surface area (Å²) in [6.45, 7) is 1.12. The van der Waals surface area contributed by atoms with Gasteiger partial charge in [-0.05, 0) is 37.6 Å². The van der Waals surface area contributed by atoms with Gasteiger partial charge in [-0.1, -0.05) is 6.42 Å². The van der Waals surface area contributed by atoms with Crippen LogP contribution in [0.25, 0.3) is 10.2 Å². The Morgan fingerprint density at radius 3 is 3.18 bits per heavy atom. The number of rotatable bonds is 2. The molecule has 4 heteroatoms. The van der Waals surface area contributed by atoms with Gasteiger partial charge < -0.3 is 5.32 Å². The molecule has 2 heterocycles. The molecule has 90 valence electrons. The van der Waals surface area contributed by atoms with E-state index in [-0.39, 0.29) is 5.82 Å². The molecule has 0 aliphatic carbocycles. The van der Waals surface area contributed by atoms with Crippen molar-refractivity contribution in [2.75, 3.05) is 6.54 Å². The van der Waals surface area contributed by atoms with Gasteiger partial charge in [0, 0.05) is 12.5 Å². The molecule has 1 unspecified atom stereocenters. The topological polar surface area (TPSA) is 24.9 Å². The third-order valence-corrected chi connectivity index (χ3v) is 4.27. The van der Waals surface area contributed by atoms with E-state index in [1.165, 1.54) is 25.3 Å². The van der Waals surface area contributed by atoms with E-state index in [1.54, 1.807) is 23.5 Å². The van der Waals surface area contributed by atoms with Gasteiger partial charge in [-0.25, -0.2) is 9.37 Å². The minimum atomic E-state index is -0.177. The highest BCUT2D eigenvalue weighted by Gasteiger charge is 2.15. The molecule has 1 aliphatic heterocycles. The van der Waals surface area contributed by atoms with Crippen molar-refractivity contribution in [3.8, 4) is 0 Å². The number of piperidine rings is 1. The van der Waals surface area contributed by atoms with E-state index in [0.717, 1.165) is 28.2 Å². The lowest BCUT2D eigenvalue weighted by molar-refractivity contribution is 0.399. The fraction of sp³-hybridized carbons (Fsp3) is 0.462. The van der Waals surface area contributed by atoms with Crippen LogP contribution in [0.5, 0.6) is 0 Å². The second-order valence-electron chi connectivity index (χ2n) is 4.57. The van der Waals surface area contributed by atoms with Crippen molar-refractivity contribution in [1.29, 1.82) is 0 Å². The highest BCUT2D eigenvalue weighted by molar-refractivity contribution is 7.18. The monoisotopic (exact) mass is 250 g/mol. The molecule has 0 saturated carbocycles. The third-order valence-electron chi connectivity index (χ3n) is 3.23. The van der Waals surface area contributed by atoms with E-state index < -0.39 is 0 Å². The molecule has 1 N–H and O–H groups in total. The van der Waals surface area contributed by atoms with Crippen molar-refractivity contribution in [3.05, 3.63) is 29.0 Å². The molecule has 0 amide bonds. The smallest absolute Gasteiger partial charge is 0.124 e. The summed E-state index contributed by atoms with van der Waals surface area (Å²) < 4.78 is 14.0. The van der Waals surface area contributed by atoms with E-state index in [2.05, 4.69) is 10.3 Å². The number of fused-ring (bicyclic) bond motifs is 1. The Balaban J connectivity index is 1.80. The van der Waals surface area contributed by atoms with E-state index in [9.17, 15) is 4.39 Å². The molecule has 1 fully saturated rings. The summed E-state index contributed by atoms with van der Waals surface area (Å²) in [5.41, 5.74) is 0.919. The van der Waals surface area contributed by atoms with Gasteiger partial charge in [-0.15, -0.1) is 11.3 Å². The van der Waals surface area contributed by atoms with Crippen molar-refractivity contribution >= 4 is 21.6 Å². The van der Waals surface area contributed by atoms with Crippen molar-refractivity contribution < 1.29 is 4.39 Å². The maximum absolute atomic E-state index is 13.1. The first kappa shape index (κ1) is 11.1. The van der Waals surface area contributed by atoms with Gasteiger partial charge in [0.25, 0.3) is 0 Å². The SMILES string of the molecule is Fc1ccc2nc(CC3CCCCN3)sc2c1.